The van der Waals surface area contributed by atoms with E-state index in [1.165, 1.54) is 0 Å². The van der Waals surface area contributed by atoms with Gasteiger partial charge < -0.3 is 4.74 Å². The van der Waals surface area contributed by atoms with Crippen LogP contribution in [-0.2, 0) is 0 Å². The maximum Gasteiger partial charge on any atom is 0.148 e. The molecule has 0 fully saturated rings. The molecule has 0 radical (unpaired) electrons. The third-order valence-electron chi connectivity index (χ3n) is 2.41. The molecule has 0 saturated carbocycles. The van der Waals surface area contributed by atoms with Crippen molar-refractivity contribution in [3.05, 3.63) is 48.2 Å². The molecule has 0 saturated heterocycles. The Hall–Kier alpha value is -2.34. The SMILES string of the molecule is CC=CCOc1c(C#N)cnc2ccccc12. The fourth-order valence-electron chi connectivity index (χ4n) is 1.58. The molecule has 2 rings (SSSR count). The summed E-state index contributed by atoms with van der Waals surface area (Å²) < 4.78 is 5.63. The molecule has 1 heterocycles. The summed E-state index contributed by atoms with van der Waals surface area (Å²) in [5.41, 5.74) is 1.30. The van der Waals surface area contributed by atoms with Crippen LogP contribution in [0.4, 0.5) is 0 Å². The number of pyridine rings is 1. The van der Waals surface area contributed by atoms with Crippen molar-refractivity contribution in [3.63, 3.8) is 0 Å². The Kier molecular flexibility index (Phi) is 3.37. The molecule has 0 spiro atoms. The molecule has 1 aromatic heterocycles. The van der Waals surface area contributed by atoms with Crippen LogP contribution in [-0.4, -0.2) is 11.6 Å². The Labute approximate surface area is 100.0 Å². The van der Waals surface area contributed by atoms with Crippen LogP contribution in [0, 0.1) is 11.3 Å². The molecular formula is C14H12N2O. The van der Waals surface area contributed by atoms with Gasteiger partial charge in [0.25, 0.3) is 0 Å². The Balaban J connectivity index is 2.52. The van der Waals surface area contributed by atoms with E-state index >= 15 is 0 Å². The van der Waals surface area contributed by atoms with Gasteiger partial charge in [-0.25, -0.2) is 0 Å². The van der Waals surface area contributed by atoms with Crippen molar-refractivity contribution in [1.82, 2.24) is 4.98 Å². The van der Waals surface area contributed by atoms with Gasteiger partial charge in [0.15, 0.2) is 0 Å². The number of rotatable bonds is 3. The van der Waals surface area contributed by atoms with Crippen molar-refractivity contribution < 1.29 is 4.74 Å². The zero-order chi connectivity index (χ0) is 12.1. The highest BCUT2D eigenvalue weighted by molar-refractivity contribution is 5.87. The van der Waals surface area contributed by atoms with Crippen LogP contribution in [0.2, 0.25) is 0 Å². The normalized spacial score (nSPS) is 10.6. The van der Waals surface area contributed by atoms with E-state index in [-0.39, 0.29) is 0 Å². The lowest BCUT2D eigenvalue weighted by molar-refractivity contribution is 0.366. The highest BCUT2D eigenvalue weighted by Gasteiger charge is 2.08. The number of nitriles is 1. The number of aromatic nitrogens is 1. The van der Waals surface area contributed by atoms with Crippen LogP contribution in [0.3, 0.4) is 0 Å². The van der Waals surface area contributed by atoms with E-state index in [1.54, 1.807) is 6.20 Å². The summed E-state index contributed by atoms with van der Waals surface area (Å²) in [7, 11) is 0. The van der Waals surface area contributed by atoms with Gasteiger partial charge in [-0.3, -0.25) is 4.98 Å². The number of hydrogen-bond acceptors (Lipinski definition) is 3. The third-order valence-corrected chi connectivity index (χ3v) is 2.41. The zero-order valence-electron chi connectivity index (χ0n) is 9.55. The van der Waals surface area contributed by atoms with Crippen molar-refractivity contribution >= 4 is 10.9 Å². The summed E-state index contributed by atoms with van der Waals surface area (Å²) in [6, 6.07) is 9.74. The first-order valence-corrected chi connectivity index (χ1v) is 5.38. The minimum atomic E-state index is 0.458. The molecule has 0 aliphatic rings. The molecule has 3 nitrogen and oxygen atoms in total. The fourth-order valence-corrected chi connectivity index (χ4v) is 1.58. The van der Waals surface area contributed by atoms with Gasteiger partial charge in [0.2, 0.25) is 0 Å². The Morgan fingerprint density at radius 2 is 2.24 bits per heavy atom. The highest BCUT2D eigenvalue weighted by atomic mass is 16.5. The number of fused-ring (bicyclic) bond motifs is 1. The van der Waals surface area contributed by atoms with Crippen LogP contribution < -0.4 is 4.74 Å². The third kappa shape index (κ3) is 2.26. The number of ether oxygens (including phenoxy) is 1. The molecule has 0 unspecified atom stereocenters. The first-order valence-electron chi connectivity index (χ1n) is 5.38. The second-order valence-corrected chi connectivity index (χ2v) is 3.51. The van der Waals surface area contributed by atoms with E-state index in [4.69, 9.17) is 10.00 Å². The van der Waals surface area contributed by atoms with E-state index < -0.39 is 0 Å². The van der Waals surface area contributed by atoms with Gasteiger partial charge in [0, 0.05) is 11.6 Å². The summed E-state index contributed by atoms with van der Waals surface area (Å²) in [6.07, 6.45) is 5.36. The molecule has 1 aromatic carbocycles. The smallest absolute Gasteiger partial charge is 0.148 e. The van der Waals surface area contributed by atoms with Gasteiger partial charge in [-0.15, -0.1) is 0 Å². The van der Waals surface area contributed by atoms with Crippen molar-refractivity contribution in [2.24, 2.45) is 0 Å². The van der Waals surface area contributed by atoms with Crippen molar-refractivity contribution in [2.75, 3.05) is 6.61 Å². The maximum absolute atomic E-state index is 9.05. The predicted molar refractivity (Wildman–Crippen MR) is 66.8 cm³/mol. The lowest BCUT2D eigenvalue weighted by Gasteiger charge is -2.08. The quantitative estimate of drug-likeness (QED) is 0.753. The van der Waals surface area contributed by atoms with Crippen LogP contribution in [0.1, 0.15) is 12.5 Å². The standard InChI is InChI=1S/C14H12N2O/c1-2-3-8-17-14-11(9-15)10-16-13-7-5-4-6-12(13)14/h2-7,10H,8H2,1H3. The van der Waals surface area contributed by atoms with Gasteiger partial charge in [-0.05, 0) is 19.1 Å². The fraction of sp³-hybridized carbons (Fsp3) is 0.143. The van der Waals surface area contributed by atoms with Crippen molar-refractivity contribution in [3.8, 4) is 11.8 Å². The van der Waals surface area contributed by atoms with Gasteiger partial charge in [0.1, 0.15) is 24.0 Å². The topological polar surface area (TPSA) is 45.9 Å². The summed E-state index contributed by atoms with van der Waals surface area (Å²) in [5.74, 6) is 0.608. The first kappa shape index (κ1) is 11.2. The number of para-hydroxylation sites is 1. The van der Waals surface area contributed by atoms with Crippen molar-refractivity contribution in [1.29, 1.82) is 5.26 Å². The highest BCUT2D eigenvalue weighted by Crippen LogP contribution is 2.27. The average molecular weight is 224 g/mol. The van der Waals surface area contributed by atoms with Crippen molar-refractivity contribution in [2.45, 2.75) is 6.92 Å². The average Bonchev–Trinajstić information content (AvgIpc) is 2.39. The minimum absolute atomic E-state index is 0.458. The zero-order valence-corrected chi connectivity index (χ0v) is 9.55. The minimum Gasteiger partial charge on any atom is -0.487 e. The number of benzene rings is 1. The van der Waals surface area contributed by atoms with E-state index in [9.17, 15) is 0 Å². The Morgan fingerprint density at radius 1 is 1.41 bits per heavy atom. The molecule has 17 heavy (non-hydrogen) atoms. The van der Waals surface area contributed by atoms with Gasteiger partial charge in [-0.2, -0.15) is 5.26 Å². The number of allylic oxidation sites excluding steroid dienone is 1. The van der Waals surface area contributed by atoms with Crippen LogP contribution in [0.5, 0.6) is 5.75 Å². The lowest BCUT2D eigenvalue weighted by atomic mass is 10.1. The maximum atomic E-state index is 9.05. The van der Waals surface area contributed by atoms with E-state index in [2.05, 4.69) is 11.1 Å². The second-order valence-electron chi connectivity index (χ2n) is 3.51. The Morgan fingerprint density at radius 3 is 3.00 bits per heavy atom. The van der Waals surface area contributed by atoms with Crippen LogP contribution in [0.25, 0.3) is 10.9 Å². The van der Waals surface area contributed by atoms with Crippen LogP contribution >= 0.6 is 0 Å². The van der Waals surface area contributed by atoms with Gasteiger partial charge >= 0.3 is 0 Å². The van der Waals surface area contributed by atoms with E-state index in [0.29, 0.717) is 17.9 Å². The molecule has 0 aliphatic heterocycles. The van der Waals surface area contributed by atoms with E-state index in [0.717, 1.165) is 10.9 Å². The van der Waals surface area contributed by atoms with E-state index in [1.807, 2.05) is 43.3 Å². The number of nitrogens with zero attached hydrogens (tertiary/aromatic N) is 2. The monoisotopic (exact) mass is 224 g/mol. The Bertz CT molecular complexity index is 597. The summed E-state index contributed by atoms with van der Waals surface area (Å²) >= 11 is 0. The molecule has 84 valence electrons. The molecule has 0 atom stereocenters. The van der Waals surface area contributed by atoms with Gasteiger partial charge in [0.05, 0.1) is 5.52 Å². The molecule has 0 bridgehead atoms. The lowest BCUT2D eigenvalue weighted by Crippen LogP contribution is -1.98. The van der Waals surface area contributed by atoms with Crippen LogP contribution in [0.15, 0.2) is 42.6 Å². The first-order chi connectivity index (χ1) is 8.36. The molecule has 0 aliphatic carbocycles. The summed E-state index contributed by atoms with van der Waals surface area (Å²) in [6.45, 7) is 2.39. The van der Waals surface area contributed by atoms with Gasteiger partial charge in [-0.1, -0.05) is 24.3 Å². The number of hydrogen-bond donors (Lipinski definition) is 0. The predicted octanol–water partition coefficient (Wildman–Crippen LogP) is 3.06. The molecule has 0 amide bonds. The summed E-state index contributed by atoms with van der Waals surface area (Å²) in [5, 5.41) is 9.92. The molecular weight excluding hydrogens is 212 g/mol. The molecule has 3 heteroatoms. The molecule has 2 aromatic rings. The summed E-state index contributed by atoms with van der Waals surface area (Å²) in [4.78, 5) is 4.22. The molecule has 0 N–H and O–H groups in total. The largest absolute Gasteiger partial charge is 0.487 e. The second kappa shape index (κ2) is 5.13.